The smallest absolute Gasteiger partial charge is 0.269 e. The largest absolute Gasteiger partial charge is 0.494 e. The van der Waals surface area contributed by atoms with Crippen molar-refractivity contribution < 1.29 is 14.5 Å². The minimum Gasteiger partial charge on any atom is -0.494 e. The van der Waals surface area contributed by atoms with Gasteiger partial charge in [-0.2, -0.15) is 4.98 Å². The third-order valence-corrected chi connectivity index (χ3v) is 5.84. The molecule has 0 saturated heterocycles. The van der Waals surface area contributed by atoms with Gasteiger partial charge in [0.1, 0.15) is 11.8 Å². The Labute approximate surface area is 212 Å². The first-order valence-electron chi connectivity index (χ1n) is 11.6. The number of aromatic nitrogens is 4. The van der Waals surface area contributed by atoms with Gasteiger partial charge in [-0.15, -0.1) is 5.10 Å². The van der Waals surface area contributed by atoms with Crippen LogP contribution in [0.3, 0.4) is 0 Å². The molecule has 0 bridgehead atoms. The lowest BCUT2D eigenvalue weighted by molar-refractivity contribution is -0.384. The van der Waals surface area contributed by atoms with Crippen LogP contribution in [-0.2, 0) is 4.79 Å². The molecule has 4 aromatic rings. The molecule has 37 heavy (non-hydrogen) atoms. The van der Waals surface area contributed by atoms with Crippen molar-refractivity contribution in [1.82, 2.24) is 19.7 Å². The Morgan fingerprint density at radius 2 is 2.00 bits per heavy atom. The minimum atomic E-state index is -0.767. The molecule has 5 rings (SSSR count). The molecule has 11 heteroatoms. The summed E-state index contributed by atoms with van der Waals surface area (Å²) in [5, 5.41) is 22.3. The monoisotopic (exact) mass is 497 g/mol. The predicted octanol–water partition coefficient (Wildman–Crippen LogP) is 4.57. The molecule has 3 heterocycles. The summed E-state index contributed by atoms with van der Waals surface area (Å²) in [7, 11) is 0. The fraction of sp³-hybridized carbons (Fsp3) is 0.154. The van der Waals surface area contributed by atoms with Gasteiger partial charge < -0.3 is 15.4 Å². The van der Waals surface area contributed by atoms with Gasteiger partial charge in [0.15, 0.2) is 5.82 Å². The maximum absolute atomic E-state index is 13.5. The Morgan fingerprint density at radius 1 is 1.19 bits per heavy atom. The lowest BCUT2D eigenvalue weighted by Crippen LogP contribution is -2.31. The van der Waals surface area contributed by atoms with Crippen LogP contribution in [0.1, 0.15) is 25.5 Å². The summed E-state index contributed by atoms with van der Waals surface area (Å²) in [6.45, 7) is 4.23. The summed E-state index contributed by atoms with van der Waals surface area (Å²) >= 11 is 0. The van der Waals surface area contributed by atoms with E-state index in [1.165, 1.54) is 18.3 Å². The van der Waals surface area contributed by atoms with Crippen LogP contribution in [0.25, 0.3) is 11.4 Å². The Kier molecular flexibility index (Phi) is 6.33. The lowest BCUT2D eigenvalue weighted by atomic mass is 9.94. The van der Waals surface area contributed by atoms with E-state index in [1.807, 2.05) is 31.2 Å². The predicted molar refractivity (Wildman–Crippen MR) is 137 cm³/mol. The average molecular weight is 498 g/mol. The molecular weight excluding hydrogens is 474 g/mol. The molecule has 1 unspecified atom stereocenters. The number of pyridine rings is 1. The highest BCUT2D eigenvalue weighted by atomic mass is 16.6. The van der Waals surface area contributed by atoms with E-state index in [-0.39, 0.29) is 5.69 Å². The normalized spacial score (nSPS) is 14.5. The SMILES string of the molecule is CCOc1ccc(-c2nc3n(n2)C(c2cccc([N+](=O)[O-])c2)C(C(=O)Nc2cccnc2)=C(C)N3)cc1. The van der Waals surface area contributed by atoms with Crippen LogP contribution in [0, 0.1) is 10.1 Å². The zero-order valence-corrected chi connectivity index (χ0v) is 20.1. The number of rotatable bonds is 7. The Hall–Kier alpha value is -5.06. The van der Waals surface area contributed by atoms with Crippen molar-refractivity contribution in [3.05, 3.63) is 100 Å². The number of hydrogen-bond acceptors (Lipinski definition) is 8. The van der Waals surface area contributed by atoms with E-state index in [0.29, 0.717) is 40.9 Å². The fourth-order valence-electron chi connectivity index (χ4n) is 4.19. The van der Waals surface area contributed by atoms with Gasteiger partial charge in [0.2, 0.25) is 5.95 Å². The third kappa shape index (κ3) is 4.74. The van der Waals surface area contributed by atoms with E-state index in [0.717, 1.165) is 11.3 Å². The van der Waals surface area contributed by atoms with E-state index in [2.05, 4.69) is 20.6 Å². The Morgan fingerprint density at radius 3 is 2.70 bits per heavy atom. The van der Waals surface area contributed by atoms with Gasteiger partial charge >= 0.3 is 0 Å². The number of nitro groups is 1. The van der Waals surface area contributed by atoms with Crippen molar-refractivity contribution >= 4 is 23.2 Å². The van der Waals surface area contributed by atoms with Gasteiger partial charge in [-0.05, 0) is 55.8 Å². The van der Waals surface area contributed by atoms with Crippen molar-refractivity contribution in [3.63, 3.8) is 0 Å². The molecular formula is C26H23N7O4. The maximum Gasteiger partial charge on any atom is 0.269 e. The first kappa shape index (κ1) is 23.7. The molecule has 0 fully saturated rings. The Bertz CT molecular complexity index is 1500. The van der Waals surface area contributed by atoms with E-state index < -0.39 is 16.9 Å². The molecule has 0 spiro atoms. The molecule has 0 saturated carbocycles. The molecule has 1 aliphatic heterocycles. The average Bonchev–Trinajstić information content (AvgIpc) is 3.32. The number of nitrogens with one attached hydrogen (secondary N) is 2. The van der Waals surface area contributed by atoms with Gasteiger partial charge in [-0.3, -0.25) is 19.9 Å². The topological polar surface area (TPSA) is 137 Å². The summed E-state index contributed by atoms with van der Waals surface area (Å²) in [5.74, 6) is 1.19. The van der Waals surface area contributed by atoms with Crippen molar-refractivity contribution in [3.8, 4) is 17.1 Å². The van der Waals surface area contributed by atoms with Crippen LogP contribution in [0.15, 0.2) is 84.3 Å². The first-order valence-corrected chi connectivity index (χ1v) is 11.6. The summed E-state index contributed by atoms with van der Waals surface area (Å²) in [6.07, 6.45) is 3.15. The number of nitrogens with zero attached hydrogens (tertiary/aromatic N) is 5. The van der Waals surface area contributed by atoms with Gasteiger partial charge in [0.05, 0.1) is 29.0 Å². The first-order chi connectivity index (χ1) is 17.9. The van der Waals surface area contributed by atoms with Crippen molar-refractivity contribution in [2.45, 2.75) is 19.9 Å². The number of benzene rings is 2. The van der Waals surface area contributed by atoms with Gasteiger partial charge in [-0.1, -0.05) is 12.1 Å². The van der Waals surface area contributed by atoms with Gasteiger partial charge in [0, 0.05) is 29.6 Å². The number of non-ortho nitro benzene ring substituents is 1. The lowest BCUT2D eigenvalue weighted by Gasteiger charge is -2.28. The van der Waals surface area contributed by atoms with Gasteiger partial charge in [0.25, 0.3) is 11.6 Å². The molecule has 2 aromatic carbocycles. The highest BCUT2D eigenvalue weighted by Crippen LogP contribution is 2.38. The molecule has 186 valence electrons. The van der Waals surface area contributed by atoms with Crippen LogP contribution in [0.2, 0.25) is 0 Å². The van der Waals surface area contributed by atoms with Crippen molar-refractivity contribution in [2.24, 2.45) is 0 Å². The highest BCUT2D eigenvalue weighted by Gasteiger charge is 2.35. The number of amides is 1. The zero-order valence-electron chi connectivity index (χ0n) is 20.1. The summed E-state index contributed by atoms with van der Waals surface area (Å²) in [6, 6.07) is 16.2. The number of ether oxygens (including phenoxy) is 1. The number of anilines is 2. The molecule has 0 radical (unpaired) electrons. The number of fused-ring (bicyclic) bond motifs is 1. The molecule has 2 aromatic heterocycles. The molecule has 11 nitrogen and oxygen atoms in total. The van der Waals surface area contributed by atoms with E-state index in [1.54, 1.807) is 42.1 Å². The molecule has 1 atom stereocenters. The van der Waals surface area contributed by atoms with E-state index >= 15 is 0 Å². The summed E-state index contributed by atoms with van der Waals surface area (Å²) in [5.41, 5.74) is 2.61. The molecule has 1 aliphatic rings. The van der Waals surface area contributed by atoms with Gasteiger partial charge in [-0.25, -0.2) is 4.68 Å². The highest BCUT2D eigenvalue weighted by molar-refractivity contribution is 6.06. The number of allylic oxidation sites excluding steroid dienone is 1. The van der Waals surface area contributed by atoms with Crippen LogP contribution in [0.5, 0.6) is 5.75 Å². The summed E-state index contributed by atoms with van der Waals surface area (Å²) < 4.78 is 7.10. The number of carbonyl (C=O) groups excluding carboxylic acids is 1. The van der Waals surface area contributed by atoms with E-state index in [9.17, 15) is 14.9 Å². The maximum atomic E-state index is 13.5. The zero-order chi connectivity index (χ0) is 25.9. The number of hydrogen-bond donors (Lipinski definition) is 2. The van der Waals surface area contributed by atoms with Crippen LogP contribution < -0.4 is 15.4 Å². The summed E-state index contributed by atoms with van der Waals surface area (Å²) in [4.78, 5) is 33.3. The second-order valence-corrected chi connectivity index (χ2v) is 8.28. The van der Waals surface area contributed by atoms with E-state index in [4.69, 9.17) is 9.84 Å². The van der Waals surface area contributed by atoms with Crippen LogP contribution in [0.4, 0.5) is 17.3 Å². The minimum absolute atomic E-state index is 0.0888. The second kappa shape index (κ2) is 9.90. The number of nitro benzene ring substituents is 1. The molecule has 0 aliphatic carbocycles. The standard InChI is InChI=1S/C26H23N7O4/c1-3-37-21-11-9-17(10-12-21)24-30-26-28-16(2)22(25(34)29-19-7-5-13-27-15-19)23(32(26)31-24)18-6-4-8-20(14-18)33(35)36/h4-15,23H,3H2,1-2H3,(H,29,34)(H,28,30,31). The number of carbonyl (C=O) groups is 1. The van der Waals surface area contributed by atoms with Crippen molar-refractivity contribution in [1.29, 1.82) is 0 Å². The Balaban J connectivity index is 1.59. The molecule has 1 amide bonds. The van der Waals surface area contributed by atoms with Crippen LogP contribution >= 0.6 is 0 Å². The quantitative estimate of drug-likeness (QED) is 0.280. The molecule has 2 N–H and O–H groups in total. The fourth-order valence-corrected chi connectivity index (χ4v) is 4.19. The van der Waals surface area contributed by atoms with Crippen LogP contribution in [-0.4, -0.2) is 37.2 Å². The second-order valence-electron chi connectivity index (χ2n) is 8.28. The van der Waals surface area contributed by atoms with Crippen molar-refractivity contribution in [2.75, 3.05) is 17.2 Å². The third-order valence-electron chi connectivity index (χ3n) is 5.84.